The quantitative estimate of drug-likeness (QED) is 0.634. The molecule has 0 spiro atoms. The normalized spacial score (nSPS) is 11.9. The minimum absolute atomic E-state index is 0.00821. The van der Waals surface area contributed by atoms with E-state index in [2.05, 4.69) is 17.6 Å². The van der Waals surface area contributed by atoms with E-state index in [0.29, 0.717) is 11.3 Å². The molecule has 0 bridgehead atoms. The van der Waals surface area contributed by atoms with Gasteiger partial charge in [0.25, 0.3) is 5.91 Å². The third-order valence-electron chi connectivity index (χ3n) is 3.97. The van der Waals surface area contributed by atoms with E-state index < -0.39 is 17.5 Å². The first-order valence-electron chi connectivity index (χ1n) is 7.66. The van der Waals surface area contributed by atoms with Gasteiger partial charge in [0.15, 0.2) is 16.4 Å². The SMILES string of the molecule is C=CCn1c(=NC(=O)c2ccc(F)c(F)c2)sc2cc(C)c(C)cc21. The Balaban J connectivity index is 2.17. The molecule has 6 heteroatoms. The molecule has 1 amide bonds. The molecule has 0 saturated heterocycles. The maximum atomic E-state index is 13.3. The van der Waals surface area contributed by atoms with Crippen molar-refractivity contribution in [3.63, 3.8) is 0 Å². The highest BCUT2D eigenvalue weighted by Crippen LogP contribution is 2.22. The van der Waals surface area contributed by atoms with Gasteiger partial charge in [-0.25, -0.2) is 8.78 Å². The number of hydrogen-bond donors (Lipinski definition) is 0. The minimum atomic E-state index is -1.07. The van der Waals surface area contributed by atoms with Crippen molar-refractivity contribution >= 4 is 27.5 Å². The number of aromatic nitrogens is 1. The number of carbonyl (C=O) groups is 1. The molecule has 0 radical (unpaired) electrons. The van der Waals surface area contributed by atoms with Crippen LogP contribution in [0.5, 0.6) is 0 Å². The lowest BCUT2D eigenvalue weighted by atomic mass is 10.1. The van der Waals surface area contributed by atoms with E-state index in [9.17, 15) is 13.6 Å². The van der Waals surface area contributed by atoms with Crippen molar-refractivity contribution in [2.75, 3.05) is 0 Å². The van der Waals surface area contributed by atoms with Gasteiger partial charge in [-0.1, -0.05) is 17.4 Å². The molecule has 3 aromatic rings. The Hall–Kier alpha value is -2.60. The molecule has 1 aromatic heterocycles. The lowest BCUT2D eigenvalue weighted by molar-refractivity contribution is 0.0997. The van der Waals surface area contributed by atoms with Crippen LogP contribution in [0.4, 0.5) is 8.78 Å². The molecule has 0 N–H and O–H groups in total. The van der Waals surface area contributed by atoms with E-state index in [1.807, 2.05) is 24.5 Å². The zero-order valence-electron chi connectivity index (χ0n) is 13.8. The fraction of sp³-hybridized carbons (Fsp3) is 0.158. The monoisotopic (exact) mass is 358 g/mol. The van der Waals surface area contributed by atoms with Gasteiger partial charge < -0.3 is 4.57 Å². The smallest absolute Gasteiger partial charge is 0.279 e. The summed E-state index contributed by atoms with van der Waals surface area (Å²) in [4.78, 5) is 17.0. The maximum Gasteiger partial charge on any atom is 0.279 e. The first kappa shape index (κ1) is 17.2. The molecule has 128 valence electrons. The average molecular weight is 358 g/mol. The molecule has 0 atom stereocenters. The average Bonchev–Trinajstić information content (AvgIpc) is 2.88. The summed E-state index contributed by atoms with van der Waals surface area (Å²) in [5.41, 5.74) is 3.26. The molecule has 25 heavy (non-hydrogen) atoms. The Morgan fingerprint density at radius 2 is 1.92 bits per heavy atom. The molecule has 2 aromatic carbocycles. The van der Waals surface area contributed by atoms with Crippen molar-refractivity contribution in [2.45, 2.75) is 20.4 Å². The summed E-state index contributed by atoms with van der Waals surface area (Å²) in [6.45, 7) is 8.29. The van der Waals surface area contributed by atoms with Crippen LogP contribution < -0.4 is 4.80 Å². The van der Waals surface area contributed by atoms with E-state index in [4.69, 9.17) is 0 Å². The van der Waals surface area contributed by atoms with E-state index in [0.717, 1.165) is 33.5 Å². The third-order valence-corrected chi connectivity index (χ3v) is 5.01. The molecular weight excluding hydrogens is 342 g/mol. The summed E-state index contributed by atoms with van der Waals surface area (Å²) in [7, 11) is 0. The van der Waals surface area contributed by atoms with Gasteiger partial charge in [-0.15, -0.1) is 6.58 Å². The highest BCUT2D eigenvalue weighted by molar-refractivity contribution is 7.16. The van der Waals surface area contributed by atoms with Crippen molar-refractivity contribution in [1.29, 1.82) is 0 Å². The lowest BCUT2D eigenvalue weighted by Crippen LogP contribution is -2.16. The zero-order valence-corrected chi connectivity index (χ0v) is 14.7. The minimum Gasteiger partial charge on any atom is -0.312 e. The van der Waals surface area contributed by atoms with E-state index in [1.54, 1.807) is 6.08 Å². The van der Waals surface area contributed by atoms with Gasteiger partial charge in [0, 0.05) is 12.1 Å². The molecule has 0 unspecified atom stereocenters. The molecule has 0 aliphatic heterocycles. The fourth-order valence-electron chi connectivity index (χ4n) is 2.49. The van der Waals surface area contributed by atoms with Crippen LogP contribution in [-0.2, 0) is 6.54 Å². The fourth-order valence-corrected chi connectivity index (χ4v) is 3.61. The third kappa shape index (κ3) is 3.30. The second-order valence-electron chi connectivity index (χ2n) is 5.73. The Morgan fingerprint density at radius 3 is 2.60 bits per heavy atom. The first-order chi connectivity index (χ1) is 11.9. The summed E-state index contributed by atoms with van der Waals surface area (Å²) in [5, 5.41) is 0. The Kier molecular flexibility index (Phi) is 4.63. The number of amides is 1. The van der Waals surface area contributed by atoms with Crippen LogP contribution in [0.1, 0.15) is 21.5 Å². The van der Waals surface area contributed by atoms with Gasteiger partial charge in [-0.2, -0.15) is 4.99 Å². The number of hydrogen-bond acceptors (Lipinski definition) is 2. The van der Waals surface area contributed by atoms with E-state index in [-0.39, 0.29) is 5.56 Å². The zero-order chi connectivity index (χ0) is 18.1. The maximum absolute atomic E-state index is 13.3. The van der Waals surface area contributed by atoms with Gasteiger partial charge >= 0.3 is 0 Å². The Labute approximate surface area is 147 Å². The predicted molar refractivity (Wildman–Crippen MR) is 95.7 cm³/mol. The van der Waals surface area contributed by atoms with Crippen molar-refractivity contribution < 1.29 is 13.6 Å². The van der Waals surface area contributed by atoms with E-state index >= 15 is 0 Å². The lowest BCUT2D eigenvalue weighted by Gasteiger charge is -2.04. The summed E-state index contributed by atoms with van der Waals surface area (Å²) in [5.74, 6) is -2.68. The molecule has 1 heterocycles. The van der Waals surface area contributed by atoms with Crippen molar-refractivity contribution in [3.8, 4) is 0 Å². The summed E-state index contributed by atoms with van der Waals surface area (Å²) >= 11 is 1.38. The number of fused-ring (bicyclic) bond motifs is 1. The van der Waals surface area contributed by atoms with Crippen LogP contribution in [-0.4, -0.2) is 10.5 Å². The van der Waals surface area contributed by atoms with Gasteiger partial charge in [-0.05, 0) is 55.3 Å². The van der Waals surface area contributed by atoms with Crippen LogP contribution in [0.15, 0.2) is 48.0 Å². The molecule has 3 nitrogen and oxygen atoms in total. The summed E-state index contributed by atoms with van der Waals surface area (Å²) in [6, 6.07) is 7.11. The van der Waals surface area contributed by atoms with Gasteiger partial charge in [0.1, 0.15) is 0 Å². The Bertz CT molecular complexity index is 1060. The molecule has 3 rings (SSSR count). The first-order valence-corrected chi connectivity index (χ1v) is 8.48. The topological polar surface area (TPSA) is 34.4 Å². The number of rotatable bonds is 3. The van der Waals surface area contributed by atoms with Gasteiger partial charge in [0.05, 0.1) is 10.2 Å². The predicted octanol–water partition coefficient (Wildman–Crippen LogP) is 4.52. The largest absolute Gasteiger partial charge is 0.312 e. The number of thiazole rings is 1. The summed E-state index contributed by atoms with van der Waals surface area (Å²) < 4.78 is 29.3. The molecule has 0 fully saturated rings. The standard InChI is InChI=1S/C19H16F2N2OS/c1-4-7-23-16-8-11(2)12(3)9-17(16)25-19(23)22-18(24)13-5-6-14(20)15(21)10-13/h4-6,8-10H,1,7H2,2-3H3. The highest BCUT2D eigenvalue weighted by atomic mass is 32.1. The van der Waals surface area contributed by atoms with Crippen molar-refractivity contribution in [3.05, 3.63) is 76.1 Å². The molecule has 0 saturated carbocycles. The number of benzene rings is 2. The number of halogens is 2. The molecular formula is C19H16F2N2OS. The Morgan fingerprint density at radius 1 is 1.20 bits per heavy atom. The van der Waals surface area contributed by atoms with Crippen LogP contribution in [0.25, 0.3) is 10.2 Å². The number of carbonyl (C=O) groups excluding carboxylic acids is 1. The van der Waals surface area contributed by atoms with Crippen molar-refractivity contribution in [2.24, 2.45) is 4.99 Å². The van der Waals surface area contributed by atoms with Crippen LogP contribution >= 0.6 is 11.3 Å². The van der Waals surface area contributed by atoms with Crippen LogP contribution in [0.3, 0.4) is 0 Å². The molecule has 0 aliphatic carbocycles. The second kappa shape index (κ2) is 6.72. The summed E-state index contributed by atoms with van der Waals surface area (Å²) in [6.07, 6.45) is 1.72. The van der Waals surface area contributed by atoms with Gasteiger partial charge in [-0.3, -0.25) is 4.79 Å². The van der Waals surface area contributed by atoms with Crippen LogP contribution in [0, 0.1) is 25.5 Å². The van der Waals surface area contributed by atoms with Crippen LogP contribution in [0.2, 0.25) is 0 Å². The highest BCUT2D eigenvalue weighted by Gasteiger charge is 2.12. The van der Waals surface area contributed by atoms with E-state index in [1.165, 1.54) is 17.4 Å². The number of allylic oxidation sites excluding steroid dienone is 1. The molecule has 0 aliphatic rings. The number of nitrogens with zero attached hydrogens (tertiary/aromatic N) is 2. The van der Waals surface area contributed by atoms with Crippen molar-refractivity contribution in [1.82, 2.24) is 4.57 Å². The number of aryl methyl sites for hydroxylation is 2. The second-order valence-corrected chi connectivity index (χ2v) is 6.74. The van der Waals surface area contributed by atoms with Gasteiger partial charge in [0.2, 0.25) is 0 Å².